The molecular weight excluding hydrogens is 476 g/mol. The molecule has 4 heterocycles. The number of amides is 1. The van der Waals surface area contributed by atoms with Gasteiger partial charge in [-0.15, -0.1) is 5.10 Å². The molecule has 3 aromatic heterocycles. The third kappa shape index (κ3) is 5.14. The number of fused-ring (bicyclic) bond motifs is 1. The monoisotopic (exact) mass is 503 g/mol. The number of hydrogen-bond donors (Lipinski definition) is 1. The lowest BCUT2D eigenvalue weighted by molar-refractivity contribution is 0.0890. The molecule has 2 fully saturated rings. The standard InChI is InChI=1S/C24H27F2N5O3S/c1-15-17(34-22-18(12-16(25)13-27-22)33-14-24(26)6-7-24)4-5-19-28-20(30-31(15)19)21(32)29-23(2)8-10-35(3)11-9-23/h4-5,12-13H,3,6-11,14H2,1-2H3,(H,29,32). The summed E-state index contributed by atoms with van der Waals surface area (Å²) < 4.78 is 40.6. The van der Waals surface area contributed by atoms with Crippen molar-refractivity contribution in [2.75, 3.05) is 18.1 Å². The molecule has 35 heavy (non-hydrogen) atoms. The van der Waals surface area contributed by atoms with Crippen LogP contribution in [0.2, 0.25) is 0 Å². The number of hydrogen-bond acceptors (Lipinski definition) is 6. The molecule has 3 aromatic rings. The van der Waals surface area contributed by atoms with Gasteiger partial charge in [0.25, 0.3) is 11.8 Å². The Bertz CT molecular complexity index is 1310. The number of carbonyl (C=O) groups is 1. The molecule has 2 aliphatic rings. The van der Waals surface area contributed by atoms with E-state index < -0.39 is 11.5 Å². The van der Waals surface area contributed by atoms with Crippen molar-refractivity contribution in [2.45, 2.75) is 50.7 Å². The maximum Gasteiger partial charge on any atom is 0.291 e. The molecule has 1 aliphatic carbocycles. The molecule has 1 amide bonds. The van der Waals surface area contributed by atoms with Crippen molar-refractivity contribution >= 4 is 27.9 Å². The highest BCUT2D eigenvalue weighted by atomic mass is 32.2. The zero-order valence-corrected chi connectivity index (χ0v) is 20.5. The van der Waals surface area contributed by atoms with Gasteiger partial charge in [-0.1, -0.05) is 5.87 Å². The Morgan fingerprint density at radius 1 is 1.26 bits per heavy atom. The SMILES string of the molecule is C=S1CCC(C)(NC(=O)c2nc3ccc(Oc4ncc(F)cc4OCC4(F)CC4)c(C)n3n2)CC1. The Morgan fingerprint density at radius 3 is 2.71 bits per heavy atom. The zero-order chi connectivity index (χ0) is 24.8. The van der Waals surface area contributed by atoms with Gasteiger partial charge in [-0.2, -0.15) is 10.5 Å². The lowest BCUT2D eigenvalue weighted by atomic mass is 9.95. The summed E-state index contributed by atoms with van der Waals surface area (Å²) in [5.74, 6) is 5.61. The van der Waals surface area contributed by atoms with Gasteiger partial charge < -0.3 is 14.8 Å². The fourth-order valence-electron chi connectivity index (χ4n) is 3.86. The van der Waals surface area contributed by atoms with Crippen LogP contribution in [-0.4, -0.2) is 60.7 Å². The molecule has 1 saturated carbocycles. The summed E-state index contributed by atoms with van der Waals surface area (Å²) in [5.41, 5.74) is -0.645. The molecule has 186 valence electrons. The van der Waals surface area contributed by atoms with Crippen LogP contribution >= 0.6 is 10.5 Å². The lowest BCUT2D eigenvalue weighted by Gasteiger charge is -2.35. The number of alkyl halides is 1. The maximum atomic E-state index is 14.0. The van der Waals surface area contributed by atoms with Gasteiger partial charge in [0.1, 0.15) is 18.1 Å². The van der Waals surface area contributed by atoms with Crippen LogP contribution in [-0.2, 0) is 0 Å². The lowest BCUT2D eigenvalue weighted by Crippen LogP contribution is -2.48. The van der Waals surface area contributed by atoms with Crippen LogP contribution in [0.3, 0.4) is 0 Å². The van der Waals surface area contributed by atoms with Crippen molar-refractivity contribution in [1.29, 1.82) is 0 Å². The van der Waals surface area contributed by atoms with Crippen molar-refractivity contribution in [3.05, 3.63) is 41.7 Å². The second-order valence-electron chi connectivity index (χ2n) is 9.52. The largest absolute Gasteiger partial charge is 0.484 e. The first-order chi connectivity index (χ1) is 16.6. The van der Waals surface area contributed by atoms with E-state index in [2.05, 4.69) is 26.3 Å². The van der Waals surface area contributed by atoms with E-state index in [9.17, 15) is 13.6 Å². The predicted molar refractivity (Wildman–Crippen MR) is 130 cm³/mol. The number of carbonyl (C=O) groups excluding carboxylic acids is 1. The minimum absolute atomic E-state index is 0.00540. The van der Waals surface area contributed by atoms with Crippen LogP contribution in [0, 0.1) is 12.7 Å². The average Bonchev–Trinajstić information content (AvgIpc) is 3.39. The number of pyridine rings is 2. The third-order valence-corrected chi connectivity index (χ3v) is 8.03. The van der Waals surface area contributed by atoms with Gasteiger partial charge in [-0.05, 0) is 63.2 Å². The van der Waals surface area contributed by atoms with Gasteiger partial charge in [0.05, 0.1) is 11.9 Å². The summed E-state index contributed by atoms with van der Waals surface area (Å²) in [6.45, 7) is 3.60. The Balaban J connectivity index is 1.36. The second-order valence-corrected chi connectivity index (χ2v) is 11.6. The van der Waals surface area contributed by atoms with Crippen LogP contribution in [0.25, 0.3) is 5.65 Å². The maximum absolute atomic E-state index is 14.0. The van der Waals surface area contributed by atoms with Gasteiger partial charge in [-0.3, -0.25) is 4.79 Å². The zero-order valence-electron chi connectivity index (χ0n) is 19.6. The highest BCUT2D eigenvalue weighted by molar-refractivity contribution is 8.14. The molecule has 1 saturated heterocycles. The molecule has 0 spiro atoms. The van der Waals surface area contributed by atoms with E-state index in [1.54, 1.807) is 19.1 Å². The molecule has 0 aromatic carbocycles. The van der Waals surface area contributed by atoms with Gasteiger partial charge in [0.15, 0.2) is 17.1 Å². The quantitative estimate of drug-likeness (QED) is 0.486. The van der Waals surface area contributed by atoms with Crippen LogP contribution < -0.4 is 14.8 Å². The molecule has 8 nitrogen and oxygen atoms in total. The molecule has 0 bridgehead atoms. The molecule has 0 radical (unpaired) electrons. The summed E-state index contributed by atoms with van der Waals surface area (Å²) in [4.78, 5) is 21.2. The van der Waals surface area contributed by atoms with E-state index in [0.29, 0.717) is 29.9 Å². The summed E-state index contributed by atoms with van der Waals surface area (Å²) in [6.07, 6.45) is 3.57. The highest BCUT2D eigenvalue weighted by Crippen LogP contribution is 2.41. The average molecular weight is 504 g/mol. The Morgan fingerprint density at radius 2 is 2.00 bits per heavy atom. The van der Waals surface area contributed by atoms with E-state index in [1.165, 1.54) is 4.52 Å². The molecule has 1 aliphatic heterocycles. The normalized spacial score (nSPS) is 23.1. The molecule has 0 atom stereocenters. The van der Waals surface area contributed by atoms with Crippen LogP contribution in [0.5, 0.6) is 17.4 Å². The number of halogens is 2. The van der Waals surface area contributed by atoms with Crippen molar-refractivity contribution < 1.29 is 23.0 Å². The van der Waals surface area contributed by atoms with Crippen molar-refractivity contribution in [1.82, 2.24) is 24.9 Å². The smallest absolute Gasteiger partial charge is 0.291 e. The van der Waals surface area contributed by atoms with Crippen molar-refractivity contribution in [3.63, 3.8) is 0 Å². The van der Waals surface area contributed by atoms with Crippen LogP contribution in [0.1, 0.15) is 48.9 Å². The highest BCUT2D eigenvalue weighted by Gasteiger charge is 2.44. The number of nitrogens with one attached hydrogen (secondary N) is 1. The van der Waals surface area contributed by atoms with Crippen LogP contribution in [0.4, 0.5) is 8.78 Å². The summed E-state index contributed by atoms with van der Waals surface area (Å²) >= 11 is 0. The number of nitrogens with zero attached hydrogens (tertiary/aromatic N) is 4. The van der Waals surface area contributed by atoms with E-state index in [-0.39, 0.29) is 46.0 Å². The summed E-state index contributed by atoms with van der Waals surface area (Å²) in [7, 11) is 0.159. The van der Waals surface area contributed by atoms with Gasteiger partial charge in [0.2, 0.25) is 5.82 Å². The van der Waals surface area contributed by atoms with Gasteiger partial charge in [-0.25, -0.2) is 23.3 Å². The number of rotatable bonds is 7. The van der Waals surface area contributed by atoms with Crippen LogP contribution in [0.15, 0.2) is 24.4 Å². The summed E-state index contributed by atoms with van der Waals surface area (Å²) in [6, 6.07) is 4.43. The number of aryl methyl sites for hydroxylation is 1. The van der Waals surface area contributed by atoms with E-state index in [4.69, 9.17) is 9.47 Å². The third-order valence-electron chi connectivity index (χ3n) is 6.46. The van der Waals surface area contributed by atoms with Crippen molar-refractivity contribution in [2.24, 2.45) is 0 Å². The fourth-order valence-corrected chi connectivity index (χ4v) is 5.54. The first-order valence-corrected chi connectivity index (χ1v) is 13.2. The fraction of sp³-hybridized carbons (Fsp3) is 0.458. The van der Waals surface area contributed by atoms with E-state index in [0.717, 1.165) is 36.6 Å². The van der Waals surface area contributed by atoms with Crippen molar-refractivity contribution in [3.8, 4) is 17.4 Å². The molecule has 0 unspecified atom stereocenters. The Hall–Kier alpha value is -3.08. The predicted octanol–water partition coefficient (Wildman–Crippen LogP) is 4.23. The Kier molecular flexibility index (Phi) is 5.98. The molecular formula is C24H27F2N5O3S. The summed E-state index contributed by atoms with van der Waals surface area (Å²) in [5, 5.41) is 7.47. The Labute approximate surface area is 204 Å². The first-order valence-electron chi connectivity index (χ1n) is 11.4. The number of ether oxygens (including phenoxy) is 2. The minimum atomic E-state index is -1.37. The van der Waals surface area contributed by atoms with E-state index in [1.807, 2.05) is 6.92 Å². The van der Waals surface area contributed by atoms with E-state index >= 15 is 0 Å². The topological polar surface area (TPSA) is 90.6 Å². The van der Waals surface area contributed by atoms with Gasteiger partial charge >= 0.3 is 0 Å². The molecule has 11 heteroatoms. The minimum Gasteiger partial charge on any atom is -0.484 e. The molecule has 5 rings (SSSR count). The number of aromatic nitrogens is 4. The molecule has 1 N–H and O–H groups in total. The first kappa shape index (κ1) is 23.7. The second kappa shape index (κ2) is 8.85. The van der Waals surface area contributed by atoms with Gasteiger partial charge in [0, 0.05) is 11.6 Å².